The monoisotopic (exact) mass is 276 g/mol. The molecule has 0 bridgehead atoms. The van der Waals surface area contributed by atoms with Crippen molar-refractivity contribution in [3.63, 3.8) is 0 Å². The zero-order valence-electron chi connectivity index (χ0n) is 13.0. The number of phenols is 1. The van der Waals surface area contributed by atoms with Crippen molar-refractivity contribution in [1.29, 1.82) is 0 Å². The van der Waals surface area contributed by atoms with Gasteiger partial charge in [-0.3, -0.25) is 4.90 Å². The van der Waals surface area contributed by atoms with Crippen molar-refractivity contribution in [3.05, 3.63) is 29.3 Å². The molecule has 1 aromatic carbocycles. The van der Waals surface area contributed by atoms with E-state index in [0.29, 0.717) is 17.7 Å². The molecule has 3 heteroatoms. The number of phenolic OH excluding ortho intramolecular Hbond substituents is 1. The first-order valence-corrected chi connectivity index (χ1v) is 7.76. The van der Waals surface area contributed by atoms with Gasteiger partial charge in [0.25, 0.3) is 0 Å². The van der Waals surface area contributed by atoms with Crippen molar-refractivity contribution >= 4 is 0 Å². The molecule has 1 aliphatic carbocycles. The third-order valence-electron chi connectivity index (χ3n) is 4.94. The summed E-state index contributed by atoms with van der Waals surface area (Å²) in [6.07, 6.45) is 5.04. The first-order valence-electron chi connectivity index (χ1n) is 7.76. The third kappa shape index (κ3) is 3.15. The van der Waals surface area contributed by atoms with Crippen LogP contribution in [-0.2, 0) is 0 Å². The minimum atomic E-state index is 0.215. The standard InChI is InChI=1S/C17H28N2O/c1-12-8-9-17(20)15(10-12)13(2)19(3)16-7-5-4-6-14(16)11-18/h8-10,13-14,16,20H,4-7,11,18H2,1-3H3. The van der Waals surface area contributed by atoms with E-state index in [4.69, 9.17) is 5.73 Å². The molecule has 0 heterocycles. The van der Waals surface area contributed by atoms with Crippen LogP contribution in [0.1, 0.15) is 49.8 Å². The summed E-state index contributed by atoms with van der Waals surface area (Å²) in [5, 5.41) is 10.1. The fourth-order valence-corrected chi connectivity index (χ4v) is 3.51. The Morgan fingerprint density at radius 1 is 1.35 bits per heavy atom. The molecule has 3 unspecified atom stereocenters. The van der Waals surface area contributed by atoms with Crippen LogP contribution in [-0.4, -0.2) is 29.6 Å². The Morgan fingerprint density at radius 2 is 2.05 bits per heavy atom. The number of nitrogens with two attached hydrogens (primary N) is 1. The molecule has 3 N–H and O–H groups in total. The second-order valence-electron chi connectivity index (χ2n) is 6.25. The van der Waals surface area contributed by atoms with Crippen LogP contribution in [0.3, 0.4) is 0 Å². The number of hydrogen-bond acceptors (Lipinski definition) is 3. The maximum absolute atomic E-state index is 10.1. The molecular weight excluding hydrogens is 248 g/mol. The predicted octanol–water partition coefficient (Wildman–Crippen LogP) is 3.21. The molecule has 112 valence electrons. The van der Waals surface area contributed by atoms with Gasteiger partial charge in [-0.1, -0.05) is 30.5 Å². The number of aromatic hydroxyl groups is 1. The lowest BCUT2D eigenvalue weighted by molar-refractivity contribution is 0.0978. The Balaban J connectivity index is 2.18. The van der Waals surface area contributed by atoms with Crippen molar-refractivity contribution in [1.82, 2.24) is 4.90 Å². The summed E-state index contributed by atoms with van der Waals surface area (Å²) in [4.78, 5) is 2.41. The van der Waals surface area contributed by atoms with E-state index in [9.17, 15) is 5.11 Å². The summed E-state index contributed by atoms with van der Waals surface area (Å²) in [6, 6.07) is 6.60. The topological polar surface area (TPSA) is 49.5 Å². The van der Waals surface area contributed by atoms with Gasteiger partial charge >= 0.3 is 0 Å². The van der Waals surface area contributed by atoms with Gasteiger partial charge in [0.05, 0.1) is 0 Å². The van der Waals surface area contributed by atoms with Gasteiger partial charge in [0.15, 0.2) is 0 Å². The van der Waals surface area contributed by atoms with E-state index in [1.807, 2.05) is 6.07 Å². The van der Waals surface area contributed by atoms with Gasteiger partial charge in [-0.15, -0.1) is 0 Å². The van der Waals surface area contributed by atoms with Crippen LogP contribution in [0.5, 0.6) is 5.75 Å². The molecule has 0 aromatic heterocycles. The molecule has 0 saturated heterocycles. The largest absolute Gasteiger partial charge is 0.508 e. The highest BCUT2D eigenvalue weighted by Gasteiger charge is 2.30. The van der Waals surface area contributed by atoms with E-state index in [2.05, 4.69) is 31.9 Å². The van der Waals surface area contributed by atoms with Crippen molar-refractivity contribution in [2.45, 2.75) is 51.6 Å². The van der Waals surface area contributed by atoms with E-state index in [0.717, 1.165) is 12.1 Å². The summed E-state index contributed by atoms with van der Waals surface area (Å²) in [7, 11) is 2.17. The molecule has 0 radical (unpaired) electrons. The minimum absolute atomic E-state index is 0.215. The van der Waals surface area contributed by atoms with Gasteiger partial charge in [0.1, 0.15) is 5.75 Å². The molecule has 0 amide bonds. The average Bonchev–Trinajstić information content (AvgIpc) is 2.48. The summed E-state index contributed by atoms with van der Waals surface area (Å²) in [5.41, 5.74) is 8.16. The highest BCUT2D eigenvalue weighted by atomic mass is 16.3. The second-order valence-corrected chi connectivity index (χ2v) is 6.25. The van der Waals surface area contributed by atoms with Gasteiger partial charge in [-0.2, -0.15) is 0 Å². The van der Waals surface area contributed by atoms with Crippen LogP contribution in [0.2, 0.25) is 0 Å². The molecule has 0 aliphatic heterocycles. The Hall–Kier alpha value is -1.06. The van der Waals surface area contributed by atoms with Crippen molar-refractivity contribution in [3.8, 4) is 5.75 Å². The predicted molar refractivity (Wildman–Crippen MR) is 83.8 cm³/mol. The molecule has 2 rings (SSSR count). The maximum Gasteiger partial charge on any atom is 0.120 e. The van der Waals surface area contributed by atoms with Gasteiger partial charge in [-0.05, 0) is 52.3 Å². The lowest BCUT2D eigenvalue weighted by Crippen LogP contribution is -2.44. The lowest BCUT2D eigenvalue weighted by atomic mass is 9.83. The quantitative estimate of drug-likeness (QED) is 0.888. The lowest BCUT2D eigenvalue weighted by Gasteiger charge is -2.41. The Labute approximate surface area is 122 Å². The van der Waals surface area contributed by atoms with Crippen molar-refractivity contribution in [2.24, 2.45) is 11.7 Å². The number of hydrogen-bond donors (Lipinski definition) is 2. The van der Waals surface area contributed by atoms with Gasteiger partial charge in [0, 0.05) is 17.6 Å². The molecule has 20 heavy (non-hydrogen) atoms. The molecule has 3 atom stereocenters. The van der Waals surface area contributed by atoms with E-state index < -0.39 is 0 Å². The van der Waals surface area contributed by atoms with Crippen LogP contribution in [0, 0.1) is 12.8 Å². The Morgan fingerprint density at radius 3 is 2.75 bits per heavy atom. The van der Waals surface area contributed by atoms with Gasteiger partial charge < -0.3 is 10.8 Å². The molecule has 1 saturated carbocycles. The average molecular weight is 276 g/mol. The number of benzene rings is 1. The summed E-state index contributed by atoms with van der Waals surface area (Å²) in [6.45, 7) is 5.01. The van der Waals surface area contributed by atoms with E-state index in [1.54, 1.807) is 6.07 Å². The zero-order valence-corrected chi connectivity index (χ0v) is 13.0. The minimum Gasteiger partial charge on any atom is -0.508 e. The molecule has 1 fully saturated rings. The second kappa shape index (κ2) is 6.59. The van der Waals surface area contributed by atoms with Crippen LogP contribution in [0.15, 0.2) is 18.2 Å². The van der Waals surface area contributed by atoms with E-state index in [1.165, 1.54) is 31.2 Å². The van der Waals surface area contributed by atoms with Crippen LogP contribution in [0.25, 0.3) is 0 Å². The van der Waals surface area contributed by atoms with Crippen molar-refractivity contribution in [2.75, 3.05) is 13.6 Å². The highest BCUT2D eigenvalue weighted by molar-refractivity contribution is 5.37. The molecule has 3 nitrogen and oxygen atoms in total. The normalized spacial score (nSPS) is 24.9. The number of nitrogens with zero attached hydrogens (tertiary/aromatic N) is 1. The molecular formula is C17H28N2O. The SMILES string of the molecule is Cc1ccc(O)c(C(C)N(C)C2CCCCC2CN)c1. The molecule has 1 aromatic rings. The van der Waals surface area contributed by atoms with Gasteiger partial charge in [-0.25, -0.2) is 0 Å². The third-order valence-corrected chi connectivity index (χ3v) is 4.94. The van der Waals surface area contributed by atoms with E-state index in [-0.39, 0.29) is 6.04 Å². The number of aryl methyl sites for hydroxylation is 1. The molecule has 1 aliphatic rings. The fourth-order valence-electron chi connectivity index (χ4n) is 3.51. The summed E-state index contributed by atoms with van der Waals surface area (Å²) in [5.74, 6) is 0.984. The maximum atomic E-state index is 10.1. The number of rotatable bonds is 4. The first kappa shape index (κ1) is 15.3. The Bertz CT molecular complexity index is 447. The highest BCUT2D eigenvalue weighted by Crippen LogP contribution is 2.35. The first-order chi connectivity index (χ1) is 9.54. The summed E-state index contributed by atoms with van der Waals surface area (Å²) < 4.78 is 0. The smallest absolute Gasteiger partial charge is 0.120 e. The van der Waals surface area contributed by atoms with Crippen LogP contribution >= 0.6 is 0 Å². The van der Waals surface area contributed by atoms with Crippen molar-refractivity contribution < 1.29 is 5.11 Å². The van der Waals surface area contributed by atoms with Crippen LogP contribution < -0.4 is 5.73 Å². The van der Waals surface area contributed by atoms with Crippen LogP contribution in [0.4, 0.5) is 0 Å². The summed E-state index contributed by atoms with van der Waals surface area (Å²) >= 11 is 0. The Kier molecular flexibility index (Phi) is 5.06. The van der Waals surface area contributed by atoms with Gasteiger partial charge in [0.2, 0.25) is 0 Å². The van der Waals surface area contributed by atoms with E-state index >= 15 is 0 Å². The fraction of sp³-hybridized carbons (Fsp3) is 0.647. The zero-order chi connectivity index (χ0) is 14.7. The molecule has 0 spiro atoms.